The van der Waals surface area contributed by atoms with Gasteiger partial charge in [-0.2, -0.15) is 15.0 Å². The van der Waals surface area contributed by atoms with Gasteiger partial charge < -0.3 is 13.9 Å². The lowest BCUT2D eigenvalue weighted by atomic mass is 10.2. The predicted octanol–water partition coefficient (Wildman–Crippen LogP) is 4.60. The summed E-state index contributed by atoms with van der Waals surface area (Å²) in [5, 5.41) is 14.4. The van der Waals surface area contributed by atoms with Crippen LogP contribution in [0.15, 0.2) is 87.1 Å². The van der Waals surface area contributed by atoms with Crippen molar-refractivity contribution >= 4 is 28.1 Å². The highest BCUT2D eigenvalue weighted by atomic mass is 16.5. The second kappa shape index (κ2) is 8.92. The molecule has 2 heterocycles. The third-order valence-electron chi connectivity index (χ3n) is 5.20. The maximum atomic E-state index is 13.4. The first-order valence-electron chi connectivity index (χ1n) is 10.4. The Morgan fingerprint density at radius 1 is 1.09 bits per heavy atom. The molecule has 0 amide bonds. The molecule has 0 bridgehead atoms. The van der Waals surface area contributed by atoms with Crippen LogP contribution in [0.4, 0.5) is 0 Å². The highest BCUT2D eigenvalue weighted by Crippen LogP contribution is 2.32. The van der Waals surface area contributed by atoms with Gasteiger partial charge in [0.25, 0.3) is 5.56 Å². The quantitative estimate of drug-likeness (QED) is 0.350. The van der Waals surface area contributed by atoms with E-state index in [-0.39, 0.29) is 18.0 Å². The molecule has 0 aliphatic rings. The lowest BCUT2D eigenvalue weighted by Crippen LogP contribution is -2.20. The smallest absolute Gasteiger partial charge is 0.282 e. The van der Waals surface area contributed by atoms with Crippen molar-refractivity contribution in [3.8, 4) is 29.2 Å². The fourth-order valence-corrected chi connectivity index (χ4v) is 3.64. The van der Waals surface area contributed by atoms with Crippen LogP contribution in [0.1, 0.15) is 5.56 Å². The average molecular weight is 450 g/mol. The summed E-state index contributed by atoms with van der Waals surface area (Å²) < 4.78 is 18.0. The third-order valence-corrected chi connectivity index (χ3v) is 5.20. The van der Waals surface area contributed by atoms with Gasteiger partial charge in [0.2, 0.25) is 5.82 Å². The van der Waals surface area contributed by atoms with Gasteiger partial charge in [-0.15, -0.1) is 0 Å². The Morgan fingerprint density at radius 2 is 1.94 bits per heavy atom. The molecule has 0 fully saturated rings. The van der Waals surface area contributed by atoms with Gasteiger partial charge in [-0.05, 0) is 48.0 Å². The zero-order chi connectivity index (χ0) is 23.5. The van der Waals surface area contributed by atoms with E-state index in [4.69, 9.17) is 19.2 Å². The first-order valence-corrected chi connectivity index (χ1v) is 10.4. The molecule has 3 aromatic carbocycles. The van der Waals surface area contributed by atoms with E-state index >= 15 is 0 Å². The normalized spacial score (nSPS) is 11.2. The van der Waals surface area contributed by atoms with Crippen molar-refractivity contribution in [3.63, 3.8) is 0 Å². The molecular weight excluding hydrogens is 432 g/mol. The summed E-state index contributed by atoms with van der Waals surface area (Å²) in [6, 6.07) is 23.3. The number of nitrogens with zero attached hydrogens (tertiary/aromatic N) is 4. The Labute approximate surface area is 193 Å². The van der Waals surface area contributed by atoms with Crippen LogP contribution >= 0.6 is 0 Å². The molecule has 0 unspecified atom stereocenters. The Hall–Kier alpha value is -4.90. The van der Waals surface area contributed by atoms with Crippen molar-refractivity contribution in [1.29, 1.82) is 5.26 Å². The van der Waals surface area contributed by atoms with Crippen LogP contribution < -0.4 is 15.0 Å². The largest absolute Gasteiger partial charge is 0.496 e. The summed E-state index contributed by atoms with van der Waals surface area (Å²) >= 11 is 0. The minimum absolute atomic E-state index is 0.0612. The van der Waals surface area contributed by atoms with Gasteiger partial charge in [-0.3, -0.25) is 4.79 Å². The minimum atomic E-state index is -0.332. The predicted molar refractivity (Wildman–Crippen MR) is 128 cm³/mol. The molecule has 0 atom stereocenters. The average Bonchev–Trinajstić information content (AvgIpc) is 3.31. The van der Waals surface area contributed by atoms with E-state index in [9.17, 15) is 4.79 Å². The van der Waals surface area contributed by atoms with Crippen LogP contribution in [0.25, 0.3) is 33.5 Å². The molecule has 0 saturated heterocycles. The number of benzene rings is 3. The van der Waals surface area contributed by atoms with Crippen LogP contribution in [-0.4, -0.2) is 29.6 Å². The number of methoxy groups -OCH3 is 1. The van der Waals surface area contributed by atoms with E-state index in [1.54, 1.807) is 49.6 Å². The van der Waals surface area contributed by atoms with Gasteiger partial charge in [-0.25, -0.2) is 4.98 Å². The van der Waals surface area contributed by atoms with Crippen molar-refractivity contribution in [1.82, 2.24) is 9.66 Å². The van der Waals surface area contributed by atoms with Gasteiger partial charge in [0.05, 0.1) is 29.6 Å². The van der Waals surface area contributed by atoms with Crippen molar-refractivity contribution < 1.29 is 13.9 Å². The van der Waals surface area contributed by atoms with Crippen molar-refractivity contribution in [3.05, 3.63) is 88.7 Å². The van der Waals surface area contributed by atoms with E-state index in [1.807, 2.05) is 36.4 Å². The molecule has 34 heavy (non-hydrogen) atoms. The van der Waals surface area contributed by atoms with Gasteiger partial charge in [0, 0.05) is 0 Å². The maximum Gasteiger partial charge on any atom is 0.282 e. The standard InChI is InChI=1S/C26H18N4O4/c1-32-22-10-5-11-23-20(22)15-24(34-23)25-29-21-9-3-2-8-19(21)26(31)30(25)28-16-17-6-4-7-18(14-17)33-13-12-27/h2-11,14-16H,13H2,1H3. The number of rotatable bonds is 6. The Balaban J connectivity index is 1.67. The van der Waals surface area contributed by atoms with E-state index in [2.05, 4.69) is 10.1 Å². The number of hydrogen-bond acceptors (Lipinski definition) is 7. The van der Waals surface area contributed by atoms with Gasteiger partial charge in [0.15, 0.2) is 12.4 Å². The number of fused-ring (bicyclic) bond motifs is 2. The molecule has 0 radical (unpaired) electrons. The fraction of sp³-hybridized carbons (Fsp3) is 0.0769. The van der Waals surface area contributed by atoms with Gasteiger partial charge >= 0.3 is 0 Å². The highest BCUT2D eigenvalue weighted by Gasteiger charge is 2.17. The number of aromatic nitrogens is 2. The molecule has 0 N–H and O–H groups in total. The molecule has 0 saturated carbocycles. The monoisotopic (exact) mass is 450 g/mol. The topological polar surface area (TPSA) is 103 Å². The molecule has 8 heteroatoms. The van der Waals surface area contributed by atoms with E-state index in [0.717, 1.165) is 5.39 Å². The minimum Gasteiger partial charge on any atom is -0.496 e. The number of para-hydroxylation sites is 1. The highest BCUT2D eigenvalue weighted by molar-refractivity contribution is 5.88. The first kappa shape index (κ1) is 21.0. The molecule has 5 aromatic rings. The van der Waals surface area contributed by atoms with Crippen LogP contribution in [0.2, 0.25) is 0 Å². The van der Waals surface area contributed by atoms with Gasteiger partial charge in [0.1, 0.15) is 23.2 Å². The summed E-state index contributed by atoms with van der Waals surface area (Å²) in [5.74, 6) is 1.82. The molecule has 2 aromatic heterocycles. The molecule has 0 aliphatic carbocycles. The second-order valence-electron chi connectivity index (χ2n) is 7.32. The third kappa shape index (κ3) is 3.87. The Morgan fingerprint density at radius 3 is 2.79 bits per heavy atom. The number of furan rings is 1. The SMILES string of the molecule is COc1cccc2oc(-c3nc4ccccc4c(=O)n3N=Cc3cccc(OCC#N)c3)cc12. The first-order chi connectivity index (χ1) is 16.7. The Kier molecular flexibility index (Phi) is 5.50. The molecule has 5 rings (SSSR count). The number of ether oxygens (including phenoxy) is 2. The summed E-state index contributed by atoms with van der Waals surface area (Å²) in [4.78, 5) is 18.1. The second-order valence-corrected chi connectivity index (χ2v) is 7.32. The van der Waals surface area contributed by atoms with Crippen molar-refractivity contribution in [2.24, 2.45) is 5.10 Å². The fourth-order valence-electron chi connectivity index (χ4n) is 3.64. The summed E-state index contributed by atoms with van der Waals surface area (Å²) in [6.07, 6.45) is 1.53. The molecule has 0 spiro atoms. The van der Waals surface area contributed by atoms with Crippen molar-refractivity contribution in [2.45, 2.75) is 0 Å². The van der Waals surface area contributed by atoms with Gasteiger partial charge in [-0.1, -0.05) is 30.3 Å². The zero-order valence-corrected chi connectivity index (χ0v) is 18.1. The van der Waals surface area contributed by atoms with E-state index in [0.29, 0.717) is 39.3 Å². The van der Waals surface area contributed by atoms with E-state index < -0.39 is 0 Å². The molecule has 166 valence electrons. The summed E-state index contributed by atoms with van der Waals surface area (Å²) in [7, 11) is 1.59. The summed E-state index contributed by atoms with van der Waals surface area (Å²) in [5.41, 5.74) is 1.50. The maximum absolute atomic E-state index is 13.4. The lowest BCUT2D eigenvalue weighted by Gasteiger charge is -2.07. The lowest BCUT2D eigenvalue weighted by molar-refractivity contribution is 0.368. The number of hydrogen-bond donors (Lipinski definition) is 0. The van der Waals surface area contributed by atoms with Crippen molar-refractivity contribution in [2.75, 3.05) is 13.7 Å². The van der Waals surface area contributed by atoms with Crippen LogP contribution in [0.3, 0.4) is 0 Å². The summed E-state index contributed by atoms with van der Waals surface area (Å²) in [6.45, 7) is -0.0612. The van der Waals surface area contributed by atoms with Crippen LogP contribution in [-0.2, 0) is 0 Å². The molecular formula is C26H18N4O4. The Bertz CT molecular complexity index is 1640. The number of nitriles is 1. The van der Waals surface area contributed by atoms with Crippen LogP contribution in [0, 0.1) is 11.3 Å². The van der Waals surface area contributed by atoms with Crippen LogP contribution in [0.5, 0.6) is 11.5 Å². The molecule has 8 nitrogen and oxygen atoms in total. The zero-order valence-electron chi connectivity index (χ0n) is 18.1. The molecule has 0 aliphatic heterocycles. The van der Waals surface area contributed by atoms with E-state index in [1.165, 1.54) is 10.9 Å².